The molecule has 1 aliphatic carbocycles. The van der Waals surface area contributed by atoms with Crippen LogP contribution in [0.15, 0.2) is 48.5 Å². The zero-order valence-corrected chi connectivity index (χ0v) is 16.4. The van der Waals surface area contributed by atoms with Gasteiger partial charge >= 0.3 is 12.1 Å². The van der Waals surface area contributed by atoms with Gasteiger partial charge in [-0.3, -0.25) is 4.90 Å². The summed E-state index contributed by atoms with van der Waals surface area (Å²) in [6, 6.07) is 15.2. The first-order valence-electron chi connectivity index (χ1n) is 10.1. The normalized spacial score (nSPS) is 18.7. The minimum absolute atomic E-state index is 0.0592. The Hall–Kier alpha value is -2.86. The minimum atomic E-state index is -1.06. The van der Waals surface area contributed by atoms with Gasteiger partial charge in [0.2, 0.25) is 0 Å². The maximum Gasteiger partial charge on any atom is 0.410 e. The lowest BCUT2D eigenvalue weighted by Gasteiger charge is -2.30. The zero-order valence-electron chi connectivity index (χ0n) is 16.4. The van der Waals surface area contributed by atoms with Crippen molar-refractivity contribution in [1.29, 1.82) is 0 Å². The average Bonchev–Trinajstić information content (AvgIpc) is 3.36. The first kappa shape index (κ1) is 19.5. The van der Waals surface area contributed by atoms with Crippen molar-refractivity contribution in [3.8, 4) is 11.1 Å². The van der Waals surface area contributed by atoms with Crippen LogP contribution in [0, 0.1) is 0 Å². The molecule has 2 atom stereocenters. The number of hydrogen-bond acceptors (Lipinski definition) is 4. The number of amides is 1. The van der Waals surface area contributed by atoms with Gasteiger partial charge in [-0.2, -0.15) is 0 Å². The van der Waals surface area contributed by atoms with E-state index in [0.29, 0.717) is 13.0 Å². The fraction of sp³-hybridized carbons (Fsp3) is 0.391. The molecule has 152 valence electrons. The molecule has 1 saturated heterocycles. The molecule has 2 unspecified atom stereocenters. The zero-order chi connectivity index (χ0) is 20.4. The number of hydrogen-bond donors (Lipinski definition) is 1. The van der Waals surface area contributed by atoms with E-state index in [2.05, 4.69) is 24.3 Å². The number of carboxylic acids is 1. The third kappa shape index (κ3) is 3.60. The van der Waals surface area contributed by atoms with Crippen LogP contribution in [-0.2, 0) is 14.3 Å². The van der Waals surface area contributed by atoms with Crippen LogP contribution in [-0.4, -0.2) is 54.0 Å². The molecule has 1 heterocycles. The first-order valence-corrected chi connectivity index (χ1v) is 10.1. The van der Waals surface area contributed by atoms with E-state index in [9.17, 15) is 14.7 Å². The predicted octanol–water partition coefficient (Wildman–Crippen LogP) is 3.89. The second-order valence-corrected chi connectivity index (χ2v) is 7.42. The number of carbonyl (C=O) groups is 2. The highest BCUT2D eigenvalue weighted by molar-refractivity contribution is 5.81. The average molecular weight is 395 g/mol. The van der Waals surface area contributed by atoms with Crippen molar-refractivity contribution < 1.29 is 24.2 Å². The number of aliphatic carboxylic acids is 1. The number of fused-ring (bicyclic) bond motifs is 3. The highest BCUT2D eigenvalue weighted by Gasteiger charge is 2.39. The lowest BCUT2D eigenvalue weighted by atomic mass is 9.98. The van der Waals surface area contributed by atoms with E-state index in [0.717, 1.165) is 28.7 Å². The van der Waals surface area contributed by atoms with E-state index < -0.39 is 24.2 Å². The molecule has 1 amide bonds. The number of carbonyl (C=O) groups excluding carboxylic acids is 1. The number of rotatable bonds is 6. The summed E-state index contributed by atoms with van der Waals surface area (Å²) in [6.45, 7) is 2.69. The largest absolute Gasteiger partial charge is 0.480 e. The van der Waals surface area contributed by atoms with E-state index in [1.807, 2.05) is 24.3 Å². The Labute approximate surface area is 170 Å². The number of benzene rings is 2. The van der Waals surface area contributed by atoms with Crippen LogP contribution in [0.1, 0.15) is 36.8 Å². The summed E-state index contributed by atoms with van der Waals surface area (Å²) in [5.41, 5.74) is 4.55. The number of nitrogens with zero attached hydrogens (tertiary/aromatic N) is 1. The van der Waals surface area contributed by atoms with Crippen molar-refractivity contribution >= 4 is 12.1 Å². The highest BCUT2D eigenvalue weighted by Crippen LogP contribution is 2.44. The Kier molecular flexibility index (Phi) is 5.53. The van der Waals surface area contributed by atoms with Crippen molar-refractivity contribution in [3.63, 3.8) is 0 Å². The van der Waals surface area contributed by atoms with E-state index in [4.69, 9.17) is 9.47 Å². The van der Waals surface area contributed by atoms with Gasteiger partial charge in [0.1, 0.15) is 6.61 Å². The second kappa shape index (κ2) is 8.25. The summed E-state index contributed by atoms with van der Waals surface area (Å²) in [5, 5.41) is 9.69. The molecule has 4 rings (SSSR count). The van der Waals surface area contributed by atoms with Crippen LogP contribution < -0.4 is 0 Å². The SMILES string of the molecule is CCN(C(=O)OCC1c2ccccc2-c2ccccc21)C(C(=O)O)C1CCCO1. The fourth-order valence-electron chi connectivity index (χ4n) is 4.46. The van der Waals surface area contributed by atoms with Crippen molar-refractivity contribution in [2.45, 2.75) is 37.8 Å². The summed E-state index contributed by atoms with van der Waals surface area (Å²) >= 11 is 0. The molecule has 2 aromatic carbocycles. The van der Waals surface area contributed by atoms with Gasteiger partial charge in [-0.25, -0.2) is 9.59 Å². The molecule has 0 aromatic heterocycles. The Morgan fingerprint density at radius 2 is 1.76 bits per heavy atom. The highest BCUT2D eigenvalue weighted by atomic mass is 16.6. The quantitative estimate of drug-likeness (QED) is 0.803. The molecule has 0 bridgehead atoms. The Balaban J connectivity index is 1.52. The predicted molar refractivity (Wildman–Crippen MR) is 108 cm³/mol. The van der Waals surface area contributed by atoms with Crippen LogP contribution in [0.4, 0.5) is 4.79 Å². The van der Waals surface area contributed by atoms with Crippen LogP contribution in [0.3, 0.4) is 0 Å². The summed E-state index contributed by atoms with van der Waals surface area (Å²) in [6.07, 6.45) is 0.325. The van der Waals surface area contributed by atoms with Crippen molar-refractivity contribution in [1.82, 2.24) is 4.90 Å². The first-order chi connectivity index (χ1) is 14.1. The van der Waals surface area contributed by atoms with Crippen LogP contribution in [0.2, 0.25) is 0 Å². The molecule has 1 fully saturated rings. The molecule has 0 saturated carbocycles. The second-order valence-electron chi connectivity index (χ2n) is 7.42. The number of ether oxygens (including phenoxy) is 2. The molecule has 1 N–H and O–H groups in total. The van der Waals surface area contributed by atoms with E-state index in [1.165, 1.54) is 4.90 Å². The third-order valence-corrected chi connectivity index (χ3v) is 5.82. The van der Waals surface area contributed by atoms with Crippen molar-refractivity contribution in [2.75, 3.05) is 19.8 Å². The van der Waals surface area contributed by atoms with E-state index in [-0.39, 0.29) is 19.1 Å². The standard InChI is InChI=1S/C23H25NO5/c1-2-24(21(22(25)26)20-12-7-13-28-20)23(27)29-14-19-17-10-5-3-8-15(17)16-9-4-6-11-18(16)19/h3-6,8-11,19-21H,2,7,12-14H2,1H3,(H,25,26). The van der Waals surface area contributed by atoms with Gasteiger partial charge in [0, 0.05) is 19.1 Å². The molecule has 0 spiro atoms. The van der Waals surface area contributed by atoms with Crippen LogP contribution in [0.25, 0.3) is 11.1 Å². The van der Waals surface area contributed by atoms with Gasteiger partial charge in [0.25, 0.3) is 0 Å². The Morgan fingerprint density at radius 1 is 1.14 bits per heavy atom. The summed E-state index contributed by atoms with van der Waals surface area (Å²) in [4.78, 5) is 26.0. The fourth-order valence-corrected chi connectivity index (χ4v) is 4.46. The molecule has 6 nitrogen and oxygen atoms in total. The summed E-state index contributed by atoms with van der Waals surface area (Å²) < 4.78 is 11.2. The lowest BCUT2D eigenvalue weighted by Crippen LogP contribution is -2.51. The van der Waals surface area contributed by atoms with Gasteiger partial charge in [0.15, 0.2) is 6.04 Å². The van der Waals surface area contributed by atoms with Crippen LogP contribution >= 0.6 is 0 Å². The maximum absolute atomic E-state index is 12.8. The van der Waals surface area contributed by atoms with E-state index >= 15 is 0 Å². The number of likely N-dealkylation sites (N-methyl/N-ethyl adjacent to an activating group) is 1. The lowest BCUT2D eigenvalue weighted by molar-refractivity contribution is -0.147. The third-order valence-electron chi connectivity index (χ3n) is 5.82. The molecule has 6 heteroatoms. The molecular formula is C23H25NO5. The van der Waals surface area contributed by atoms with Gasteiger partial charge in [0.05, 0.1) is 6.10 Å². The number of carboxylic acid groups (broad SMARTS) is 1. The minimum Gasteiger partial charge on any atom is -0.480 e. The van der Waals surface area contributed by atoms with Gasteiger partial charge < -0.3 is 14.6 Å². The maximum atomic E-state index is 12.8. The van der Waals surface area contributed by atoms with Crippen LogP contribution in [0.5, 0.6) is 0 Å². The smallest absolute Gasteiger partial charge is 0.410 e. The van der Waals surface area contributed by atoms with Crippen molar-refractivity contribution in [3.05, 3.63) is 59.7 Å². The molecular weight excluding hydrogens is 370 g/mol. The molecule has 29 heavy (non-hydrogen) atoms. The summed E-state index contributed by atoms with van der Waals surface area (Å²) in [5.74, 6) is -1.12. The molecule has 2 aliphatic rings. The molecule has 2 aromatic rings. The molecule has 1 aliphatic heterocycles. The van der Waals surface area contributed by atoms with Gasteiger partial charge in [-0.15, -0.1) is 0 Å². The van der Waals surface area contributed by atoms with Crippen molar-refractivity contribution in [2.24, 2.45) is 0 Å². The summed E-state index contributed by atoms with van der Waals surface area (Å²) in [7, 11) is 0. The Bertz CT molecular complexity index is 860. The topological polar surface area (TPSA) is 76.1 Å². The van der Waals surface area contributed by atoms with Gasteiger partial charge in [-0.1, -0.05) is 48.5 Å². The van der Waals surface area contributed by atoms with E-state index in [1.54, 1.807) is 6.92 Å². The monoisotopic (exact) mass is 395 g/mol. The van der Waals surface area contributed by atoms with Gasteiger partial charge in [-0.05, 0) is 42.0 Å². The Morgan fingerprint density at radius 3 is 2.28 bits per heavy atom. The molecule has 0 radical (unpaired) electrons.